The number of carbonyl (C=O) groups is 1. The molecule has 0 radical (unpaired) electrons. The number of nitrogens with zero attached hydrogens (tertiary/aromatic N) is 2. The Kier molecular flexibility index (Phi) is 5.36. The van der Waals surface area contributed by atoms with Crippen LogP contribution < -0.4 is 20.3 Å². The van der Waals surface area contributed by atoms with E-state index in [4.69, 9.17) is 9.47 Å². The molecule has 1 amide bonds. The number of amides is 1. The smallest absolute Gasteiger partial charge is 0.263 e. The number of thiophene rings is 1. The molecule has 1 aliphatic heterocycles. The van der Waals surface area contributed by atoms with Gasteiger partial charge < -0.3 is 14.8 Å². The molecule has 1 N–H and O–H groups in total. The third kappa shape index (κ3) is 3.97. The first kappa shape index (κ1) is 20.3. The lowest BCUT2D eigenvalue weighted by molar-refractivity contribution is -0.116. The fourth-order valence-electron chi connectivity index (χ4n) is 3.62. The van der Waals surface area contributed by atoms with Crippen LogP contribution in [-0.4, -0.2) is 28.7 Å². The lowest BCUT2D eigenvalue weighted by Crippen LogP contribution is -2.27. The molecule has 0 saturated heterocycles. The Morgan fingerprint density at radius 2 is 1.91 bits per heavy atom. The van der Waals surface area contributed by atoms with Crippen LogP contribution in [0.4, 0.5) is 5.69 Å². The predicted molar refractivity (Wildman–Crippen MR) is 125 cm³/mol. The van der Waals surface area contributed by atoms with Gasteiger partial charge in [0.25, 0.3) is 5.56 Å². The van der Waals surface area contributed by atoms with Gasteiger partial charge in [-0.25, -0.2) is 4.98 Å². The van der Waals surface area contributed by atoms with Gasteiger partial charge in [-0.3, -0.25) is 14.2 Å². The van der Waals surface area contributed by atoms with Crippen molar-refractivity contribution in [3.05, 3.63) is 70.1 Å². The molecule has 0 fully saturated rings. The molecule has 8 heteroatoms. The maximum Gasteiger partial charge on any atom is 0.263 e. The number of hydrogen-bond acceptors (Lipinski definition) is 6. The summed E-state index contributed by atoms with van der Waals surface area (Å²) in [4.78, 5) is 30.9. The van der Waals surface area contributed by atoms with Crippen molar-refractivity contribution in [3.8, 4) is 22.6 Å². The van der Waals surface area contributed by atoms with Gasteiger partial charge in [0, 0.05) is 29.1 Å². The van der Waals surface area contributed by atoms with Gasteiger partial charge in [0.15, 0.2) is 11.5 Å². The van der Waals surface area contributed by atoms with Crippen LogP contribution in [0.3, 0.4) is 0 Å². The highest BCUT2D eigenvalue weighted by Crippen LogP contribution is 2.32. The number of benzene rings is 2. The minimum atomic E-state index is -0.324. The maximum absolute atomic E-state index is 13.2. The highest BCUT2D eigenvalue weighted by molar-refractivity contribution is 7.17. The summed E-state index contributed by atoms with van der Waals surface area (Å²) in [5.41, 5.74) is 3.28. The molecule has 4 aromatic rings. The molecule has 5 rings (SSSR count). The summed E-state index contributed by atoms with van der Waals surface area (Å²) in [6, 6.07) is 13.3. The number of carbonyl (C=O) groups excluding carboxylic acids is 1. The zero-order chi connectivity index (χ0) is 22.1. The molecular formula is C24H21N3O4S. The topological polar surface area (TPSA) is 82.5 Å². The van der Waals surface area contributed by atoms with Gasteiger partial charge >= 0.3 is 0 Å². The van der Waals surface area contributed by atoms with E-state index in [1.54, 1.807) is 18.2 Å². The average Bonchev–Trinajstić information content (AvgIpc) is 3.08. The summed E-state index contributed by atoms with van der Waals surface area (Å²) < 4.78 is 12.6. The normalized spacial score (nSPS) is 13.0. The van der Waals surface area contributed by atoms with Gasteiger partial charge in [-0.2, -0.15) is 0 Å². The molecule has 7 nitrogen and oxygen atoms in total. The van der Waals surface area contributed by atoms with Gasteiger partial charge in [0.1, 0.15) is 11.4 Å². The number of rotatable bonds is 4. The molecular weight excluding hydrogens is 426 g/mol. The summed E-state index contributed by atoms with van der Waals surface area (Å²) in [5.74, 6) is 0.934. The minimum absolute atomic E-state index is 0.139. The van der Waals surface area contributed by atoms with Crippen molar-refractivity contribution < 1.29 is 14.3 Å². The Morgan fingerprint density at radius 3 is 2.72 bits per heavy atom. The van der Waals surface area contributed by atoms with Crippen molar-refractivity contribution in [2.24, 2.45) is 0 Å². The van der Waals surface area contributed by atoms with Crippen LogP contribution in [0.25, 0.3) is 21.3 Å². The first-order chi connectivity index (χ1) is 15.6. The Bertz CT molecular complexity index is 1360. The molecule has 3 heterocycles. The second-order valence-electron chi connectivity index (χ2n) is 7.63. The number of nitrogens with one attached hydrogen (secondary N) is 1. The molecule has 0 unspecified atom stereocenters. The molecule has 0 aliphatic carbocycles. The van der Waals surface area contributed by atoms with Crippen LogP contribution in [0.1, 0.15) is 12.0 Å². The van der Waals surface area contributed by atoms with Crippen molar-refractivity contribution in [1.82, 2.24) is 9.55 Å². The van der Waals surface area contributed by atoms with E-state index < -0.39 is 0 Å². The van der Waals surface area contributed by atoms with Crippen LogP contribution in [0.15, 0.2) is 59.0 Å². The van der Waals surface area contributed by atoms with E-state index in [9.17, 15) is 9.59 Å². The molecule has 162 valence electrons. The molecule has 0 saturated carbocycles. The summed E-state index contributed by atoms with van der Waals surface area (Å²) in [5, 5.41) is 5.29. The Balaban J connectivity index is 1.39. The largest absolute Gasteiger partial charge is 0.490 e. The van der Waals surface area contributed by atoms with Crippen molar-refractivity contribution in [1.29, 1.82) is 0 Å². The molecule has 0 atom stereocenters. The van der Waals surface area contributed by atoms with E-state index in [0.717, 1.165) is 23.1 Å². The van der Waals surface area contributed by atoms with E-state index in [1.807, 2.05) is 36.6 Å². The van der Waals surface area contributed by atoms with E-state index in [2.05, 4.69) is 10.3 Å². The molecule has 2 aromatic carbocycles. The first-order valence-electron chi connectivity index (χ1n) is 10.3. The Labute approximate surface area is 188 Å². The molecule has 1 aliphatic rings. The summed E-state index contributed by atoms with van der Waals surface area (Å²) >= 11 is 1.42. The molecule has 0 spiro atoms. The van der Waals surface area contributed by atoms with Crippen molar-refractivity contribution in [2.75, 3.05) is 18.5 Å². The van der Waals surface area contributed by atoms with E-state index >= 15 is 0 Å². The molecule has 2 aromatic heterocycles. The Morgan fingerprint density at radius 1 is 1.12 bits per heavy atom. The van der Waals surface area contributed by atoms with E-state index in [-0.39, 0.29) is 18.0 Å². The second kappa shape index (κ2) is 8.47. The summed E-state index contributed by atoms with van der Waals surface area (Å²) in [6.45, 7) is 3.05. The van der Waals surface area contributed by atoms with Crippen LogP contribution in [0.2, 0.25) is 0 Å². The fraction of sp³-hybridized carbons (Fsp3) is 0.208. The second-order valence-corrected chi connectivity index (χ2v) is 8.49. The zero-order valence-corrected chi connectivity index (χ0v) is 18.3. The fourth-order valence-corrected chi connectivity index (χ4v) is 4.53. The molecule has 32 heavy (non-hydrogen) atoms. The third-order valence-corrected chi connectivity index (χ3v) is 6.15. The third-order valence-electron chi connectivity index (χ3n) is 5.27. The van der Waals surface area contributed by atoms with E-state index in [1.165, 1.54) is 22.2 Å². The SMILES string of the molecule is Cc1ccc(-c2csc3ncn(CC(=O)Nc4ccc5c(c4)OCCCO5)c(=O)c23)cc1. The lowest BCUT2D eigenvalue weighted by atomic mass is 10.1. The maximum atomic E-state index is 13.2. The number of fused-ring (bicyclic) bond motifs is 2. The monoisotopic (exact) mass is 447 g/mol. The van der Waals surface area contributed by atoms with Crippen LogP contribution in [0.5, 0.6) is 11.5 Å². The van der Waals surface area contributed by atoms with Crippen LogP contribution in [-0.2, 0) is 11.3 Å². The van der Waals surface area contributed by atoms with Crippen molar-refractivity contribution >= 4 is 33.1 Å². The van der Waals surface area contributed by atoms with Crippen LogP contribution in [0, 0.1) is 6.92 Å². The minimum Gasteiger partial charge on any atom is -0.490 e. The van der Waals surface area contributed by atoms with Crippen molar-refractivity contribution in [3.63, 3.8) is 0 Å². The Hall–Kier alpha value is -3.65. The highest BCUT2D eigenvalue weighted by atomic mass is 32.1. The first-order valence-corrected chi connectivity index (χ1v) is 11.2. The van der Waals surface area contributed by atoms with Gasteiger partial charge in [-0.1, -0.05) is 29.8 Å². The summed E-state index contributed by atoms with van der Waals surface area (Å²) in [7, 11) is 0. The molecule has 0 bridgehead atoms. The number of hydrogen-bond donors (Lipinski definition) is 1. The quantitative estimate of drug-likeness (QED) is 0.506. The zero-order valence-electron chi connectivity index (χ0n) is 17.5. The van der Waals surface area contributed by atoms with Gasteiger partial charge in [-0.05, 0) is 24.6 Å². The van der Waals surface area contributed by atoms with Crippen molar-refractivity contribution in [2.45, 2.75) is 19.9 Å². The van der Waals surface area contributed by atoms with E-state index in [0.29, 0.717) is 40.6 Å². The standard InChI is InChI=1S/C24H21N3O4S/c1-15-3-5-16(6-4-15)18-13-32-23-22(18)24(29)27(14-25-23)12-21(28)26-17-7-8-19-20(11-17)31-10-2-9-30-19/h3-8,11,13-14H,2,9-10,12H2,1H3,(H,26,28). The summed E-state index contributed by atoms with van der Waals surface area (Å²) in [6.07, 6.45) is 2.23. The lowest BCUT2D eigenvalue weighted by Gasteiger charge is -2.11. The number of ether oxygens (including phenoxy) is 2. The average molecular weight is 448 g/mol. The number of aryl methyl sites for hydroxylation is 1. The van der Waals surface area contributed by atoms with Gasteiger partial charge in [0.05, 0.1) is 24.9 Å². The van der Waals surface area contributed by atoms with Crippen LogP contribution >= 0.6 is 11.3 Å². The highest BCUT2D eigenvalue weighted by Gasteiger charge is 2.16. The number of anilines is 1. The number of aromatic nitrogens is 2. The van der Waals surface area contributed by atoms with Gasteiger partial charge in [0.2, 0.25) is 5.91 Å². The van der Waals surface area contributed by atoms with Gasteiger partial charge in [-0.15, -0.1) is 11.3 Å². The predicted octanol–water partition coefficient (Wildman–Crippen LogP) is 4.23.